The van der Waals surface area contributed by atoms with Crippen molar-refractivity contribution in [3.8, 4) is 0 Å². The lowest BCUT2D eigenvalue weighted by Crippen LogP contribution is -2.30. The maximum absolute atomic E-state index is 12.8. The van der Waals surface area contributed by atoms with Crippen LogP contribution in [-0.2, 0) is 28.6 Å². The van der Waals surface area contributed by atoms with Gasteiger partial charge in [-0.15, -0.1) is 0 Å². The number of esters is 3. The van der Waals surface area contributed by atoms with E-state index >= 15 is 0 Å². The van der Waals surface area contributed by atoms with Gasteiger partial charge in [0.1, 0.15) is 13.2 Å². The quantitative estimate of drug-likeness (QED) is 0.0262. The summed E-state index contributed by atoms with van der Waals surface area (Å²) in [7, 11) is 0. The van der Waals surface area contributed by atoms with Crippen LogP contribution in [-0.4, -0.2) is 37.2 Å². The molecule has 0 heterocycles. The van der Waals surface area contributed by atoms with E-state index in [0.29, 0.717) is 19.3 Å². The molecule has 0 radical (unpaired) electrons. The number of hydrogen-bond donors (Lipinski definition) is 0. The predicted molar refractivity (Wildman–Crippen MR) is 293 cm³/mol. The van der Waals surface area contributed by atoms with Crippen LogP contribution < -0.4 is 0 Å². The average molecular weight is 952 g/mol. The van der Waals surface area contributed by atoms with Crippen LogP contribution in [0.3, 0.4) is 0 Å². The molecule has 0 aromatic rings. The predicted octanol–water partition coefficient (Wildman–Crippen LogP) is 19.6. The van der Waals surface area contributed by atoms with Gasteiger partial charge in [-0.25, -0.2) is 0 Å². The molecule has 68 heavy (non-hydrogen) atoms. The van der Waals surface area contributed by atoms with Crippen molar-refractivity contribution < 1.29 is 28.6 Å². The lowest BCUT2D eigenvalue weighted by atomic mass is 10.0. The maximum atomic E-state index is 12.8. The highest BCUT2D eigenvalue weighted by Gasteiger charge is 2.19. The van der Waals surface area contributed by atoms with Crippen molar-refractivity contribution >= 4 is 17.9 Å². The van der Waals surface area contributed by atoms with Crippen LogP contribution in [0.15, 0.2) is 60.8 Å². The van der Waals surface area contributed by atoms with Gasteiger partial charge in [0.25, 0.3) is 0 Å². The van der Waals surface area contributed by atoms with Crippen molar-refractivity contribution in [3.05, 3.63) is 60.8 Å². The molecule has 1 unspecified atom stereocenters. The fourth-order valence-corrected chi connectivity index (χ4v) is 8.37. The van der Waals surface area contributed by atoms with E-state index in [1.165, 1.54) is 173 Å². The zero-order valence-corrected chi connectivity index (χ0v) is 45.1. The summed E-state index contributed by atoms with van der Waals surface area (Å²) in [5.74, 6) is -0.876. The third-order valence-electron chi connectivity index (χ3n) is 12.8. The number of carbonyl (C=O) groups is 3. The highest BCUT2D eigenvalue weighted by atomic mass is 16.6. The number of allylic oxidation sites excluding steroid dienone is 10. The summed E-state index contributed by atoms with van der Waals surface area (Å²) < 4.78 is 16.8. The van der Waals surface area contributed by atoms with Crippen molar-refractivity contribution in [1.29, 1.82) is 0 Å². The fourth-order valence-electron chi connectivity index (χ4n) is 8.37. The van der Waals surface area contributed by atoms with Crippen molar-refractivity contribution in [2.75, 3.05) is 13.2 Å². The molecule has 0 aromatic heterocycles. The van der Waals surface area contributed by atoms with Gasteiger partial charge in [-0.1, -0.05) is 255 Å². The molecule has 0 saturated heterocycles. The first kappa shape index (κ1) is 65.1. The minimum atomic E-state index is -0.773. The molecular formula is C62H110O6. The van der Waals surface area contributed by atoms with Gasteiger partial charge in [-0.05, 0) is 83.5 Å². The van der Waals surface area contributed by atoms with E-state index in [1.54, 1.807) is 0 Å². The van der Waals surface area contributed by atoms with Gasteiger partial charge in [0, 0.05) is 19.3 Å². The SMILES string of the molecule is CC/C=C\C/C=C\C/C=C\C/C=C\CCCCCCCCCCCCCCC(=O)OCC(COC(=O)CCCCCCCCC)OC(=O)CCCCCCCCC/C=C\CCCCCCCCC. The average Bonchev–Trinajstić information content (AvgIpc) is 3.34. The van der Waals surface area contributed by atoms with Gasteiger partial charge in [0.05, 0.1) is 0 Å². The van der Waals surface area contributed by atoms with Crippen molar-refractivity contribution in [2.24, 2.45) is 0 Å². The van der Waals surface area contributed by atoms with Crippen LogP contribution >= 0.6 is 0 Å². The summed E-state index contributed by atoms with van der Waals surface area (Å²) in [5.41, 5.74) is 0. The second-order valence-electron chi connectivity index (χ2n) is 19.5. The van der Waals surface area contributed by atoms with Crippen molar-refractivity contribution in [1.82, 2.24) is 0 Å². The van der Waals surface area contributed by atoms with Gasteiger partial charge in [0.15, 0.2) is 6.10 Å². The lowest BCUT2D eigenvalue weighted by molar-refractivity contribution is -0.167. The first-order valence-corrected chi connectivity index (χ1v) is 29.3. The Morgan fingerprint density at radius 1 is 0.309 bits per heavy atom. The summed E-state index contributed by atoms with van der Waals surface area (Å²) in [6, 6.07) is 0. The van der Waals surface area contributed by atoms with Gasteiger partial charge in [-0.3, -0.25) is 14.4 Å². The Morgan fingerprint density at radius 3 is 0.912 bits per heavy atom. The Balaban J connectivity index is 4.15. The Morgan fingerprint density at radius 2 is 0.574 bits per heavy atom. The highest BCUT2D eigenvalue weighted by molar-refractivity contribution is 5.71. The molecule has 394 valence electrons. The molecule has 0 aliphatic carbocycles. The van der Waals surface area contributed by atoms with Crippen LogP contribution in [0, 0.1) is 0 Å². The highest BCUT2D eigenvalue weighted by Crippen LogP contribution is 2.16. The summed E-state index contributed by atoms with van der Waals surface area (Å²) in [5, 5.41) is 0. The fraction of sp³-hybridized carbons (Fsp3) is 0.790. The summed E-state index contributed by atoms with van der Waals surface area (Å²) >= 11 is 0. The third-order valence-corrected chi connectivity index (χ3v) is 12.8. The molecule has 6 heteroatoms. The van der Waals surface area contributed by atoms with E-state index in [0.717, 1.165) is 83.5 Å². The minimum Gasteiger partial charge on any atom is -0.462 e. The molecule has 1 atom stereocenters. The topological polar surface area (TPSA) is 78.9 Å². The monoisotopic (exact) mass is 951 g/mol. The number of hydrogen-bond acceptors (Lipinski definition) is 6. The lowest BCUT2D eigenvalue weighted by Gasteiger charge is -2.18. The van der Waals surface area contributed by atoms with Crippen molar-refractivity contribution in [3.63, 3.8) is 0 Å². The molecule has 0 aliphatic heterocycles. The number of rotatable bonds is 53. The molecule has 0 spiro atoms. The molecule has 0 bridgehead atoms. The van der Waals surface area contributed by atoms with E-state index in [1.807, 2.05) is 0 Å². The standard InChI is InChI=1S/C62H110O6/c1-4-7-10-13-16-18-20-22-24-26-28-29-30-31-32-33-34-36-37-39-41-43-46-49-52-55-61(64)67-58-59(57-66-60(63)54-51-48-45-15-12-9-6-3)68-62(65)56-53-50-47-44-42-40-38-35-27-25-23-21-19-17-14-11-8-5-2/h7,10,16,18,22,24-25,27-29,59H,4-6,8-9,11-15,17,19-21,23,26,30-58H2,1-3H3/b10-7-,18-16-,24-22-,27-25-,29-28-. The van der Waals surface area contributed by atoms with Gasteiger partial charge < -0.3 is 14.2 Å². The van der Waals surface area contributed by atoms with Gasteiger partial charge in [0.2, 0.25) is 0 Å². The number of unbranched alkanes of at least 4 members (excludes halogenated alkanes) is 32. The molecule has 0 rings (SSSR count). The summed E-state index contributed by atoms with van der Waals surface area (Å²) in [6.07, 6.45) is 70.9. The zero-order valence-electron chi connectivity index (χ0n) is 45.1. The van der Waals surface area contributed by atoms with Crippen LogP contribution in [0.4, 0.5) is 0 Å². The molecule has 0 saturated carbocycles. The van der Waals surface area contributed by atoms with E-state index < -0.39 is 6.10 Å². The van der Waals surface area contributed by atoms with E-state index in [4.69, 9.17) is 14.2 Å². The van der Waals surface area contributed by atoms with E-state index in [9.17, 15) is 14.4 Å². The Hall–Kier alpha value is -2.89. The number of carbonyl (C=O) groups excluding carboxylic acids is 3. The first-order chi connectivity index (χ1) is 33.5. The molecule has 0 amide bonds. The van der Waals surface area contributed by atoms with Gasteiger partial charge >= 0.3 is 17.9 Å². The summed E-state index contributed by atoms with van der Waals surface area (Å²) in [4.78, 5) is 38.0. The molecule has 0 aromatic carbocycles. The zero-order chi connectivity index (χ0) is 49.3. The molecule has 0 N–H and O–H groups in total. The smallest absolute Gasteiger partial charge is 0.306 e. The second-order valence-corrected chi connectivity index (χ2v) is 19.5. The van der Waals surface area contributed by atoms with E-state index in [-0.39, 0.29) is 31.1 Å². The van der Waals surface area contributed by atoms with Crippen LogP contribution in [0.5, 0.6) is 0 Å². The van der Waals surface area contributed by atoms with Crippen LogP contribution in [0.2, 0.25) is 0 Å². The van der Waals surface area contributed by atoms with Crippen LogP contribution in [0.1, 0.15) is 297 Å². The molecule has 0 aliphatic rings. The minimum absolute atomic E-state index is 0.0741. The largest absolute Gasteiger partial charge is 0.462 e. The molecular weight excluding hydrogens is 841 g/mol. The molecule has 0 fully saturated rings. The Kier molecular flexibility index (Phi) is 54.3. The number of ether oxygens (including phenoxy) is 3. The second kappa shape index (κ2) is 56.7. The first-order valence-electron chi connectivity index (χ1n) is 29.3. The van der Waals surface area contributed by atoms with E-state index in [2.05, 4.69) is 81.5 Å². The normalized spacial score (nSPS) is 12.5. The Labute approximate surface area is 421 Å². The summed E-state index contributed by atoms with van der Waals surface area (Å²) in [6.45, 7) is 6.50. The third kappa shape index (κ3) is 54.1. The van der Waals surface area contributed by atoms with Gasteiger partial charge in [-0.2, -0.15) is 0 Å². The van der Waals surface area contributed by atoms with Crippen molar-refractivity contribution in [2.45, 2.75) is 303 Å². The van der Waals surface area contributed by atoms with Crippen LogP contribution in [0.25, 0.3) is 0 Å². The Bertz CT molecular complexity index is 1230. The maximum Gasteiger partial charge on any atom is 0.306 e. The molecule has 6 nitrogen and oxygen atoms in total.